The van der Waals surface area contributed by atoms with E-state index in [1.54, 1.807) is 11.8 Å². The molecule has 0 bridgehead atoms. The van der Waals surface area contributed by atoms with Gasteiger partial charge in [0.05, 0.1) is 5.41 Å². The smallest absolute Gasteiger partial charge is 0.322 e. The van der Waals surface area contributed by atoms with Crippen LogP contribution in [0.4, 0.5) is 5.69 Å². The van der Waals surface area contributed by atoms with Crippen LogP contribution < -0.4 is 5.32 Å². The van der Waals surface area contributed by atoms with Crippen LogP contribution in [0, 0.1) is 0 Å². The number of hydrogen-bond donors (Lipinski definition) is 1. The van der Waals surface area contributed by atoms with Gasteiger partial charge in [-0.3, -0.25) is 4.79 Å². The van der Waals surface area contributed by atoms with E-state index in [9.17, 15) is 4.79 Å². The number of thioether (sulfide) groups is 1. The molecular weight excluding hydrogens is 234 g/mol. The van der Waals surface area contributed by atoms with E-state index in [0.29, 0.717) is 0 Å². The molecule has 1 aromatic rings. The van der Waals surface area contributed by atoms with Crippen LogP contribution in [0.3, 0.4) is 0 Å². The monoisotopic (exact) mass is 249 g/mol. The van der Waals surface area contributed by atoms with Crippen molar-refractivity contribution in [3.05, 3.63) is 29.8 Å². The first-order chi connectivity index (χ1) is 8.03. The predicted octanol–water partition coefficient (Wildman–Crippen LogP) is 2.37. The van der Waals surface area contributed by atoms with E-state index in [1.165, 1.54) is 5.56 Å². The van der Waals surface area contributed by atoms with Gasteiger partial charge >= 0.3 is 5.97 Å². The lowest BCUT2D eigenvalue weighted by Gasteiger charge is -2.33. The molecule has 0 unspecified atom stereocenters. The number of nitrogens with one attached hydrogen (secondary N) is 1. The summed E-state index contributed by atoms with van der Waals surface area (Å²) < 4.78 is 5.59. The number of esters is 1. The highest BCUT2D eigenvalue weighted by atomic mass is 32.2. The van der Waals surface area contributed by atoms with Crippen LogP contribution in [0.25, 0.3) is 0 Å². The first-order valence-electron chi connectivity index (χ1n) is 5.66. The highest BCUT2D eigenvalue weighted by Gasteiger charge is 2.66. The molecule has 4 heteroatoms. The van der Waals surface area contributed by atoms with E-state index < -0.39 is 5.72 Å². The average molecular weight is 249 g/mol. The van der Waals surface area contributed by atoms with E-state index in [-0.39, 0.29) is 16.6 Å². The summed E-state index contributed by atoms with van der Waals surface area (Å²) in [4.78, 5) is 12.0. The van der Waals surface area contributed by atoms with Crippen LogP contribution >= 0.6 is 11.8 Å². The zero-order chi connectivity index (χ0) is 12.3. The Morgan fingerprint density at radius 2 is 2.06 bits per heavy atom. The lowest BCUT2D eigenvalue weighted by molar-refractivity contribution is -0.145. The molecule has 17 heavy (non-hydrogen) atoms. The molecule has 90 valence electrons. The Bertz CT molecular complexity index is 504. The van der Waals surface area contributed by atoms with E-state index in [2.05, 4.69) is 18.3 Å². The molecule has 2 aliphatic rings. The second-order valence-corrected chi connectivity index (χ2v) is 5.89. The molecule has 0 amide bonds. The maximum Gasteiger partial charge on any atom is 0.322 e. The number of anilines is 1. The molecule has 2 aliphatic heterocycles. The Hall–Kier alpha value is -1.16. The second-order valence-electron chi connectivity index (χ2n) is 4.94. The van der Waals surface area contributed by atoms with E-state index in [0.717, 1.165) is 5.69 Å². The molecule has 1 aromatic carbocycles. The number of hydrogen-bond acceptors (Lipinski definition) is 4. The van der Waals surface area contributed by atoms with Crippen molar-refractivity contribution in [1.29, 1.82) is 0 Å². The summed E-state index contributed by atoms with van der Waals surface area (Å²) in [6.07, 6.45) is 1.96. The molecule has 3 nitrogen and oxygen atoms in total. The number of carbonyl (C=O) groups excluding carboxylic acids is 1. The summed E-state index contributed by atoms with van der Waals surface area (Å²) in [5.41, 5.74) is 1.32. The van der Waals surface area contributed by atoms with Gasteiger partial charge in [0.15, 0.2) is 5.72 Å². The number of rotatable bonds is 1. The van der Waals surface area contributed by atoms with Crippen molar-refractivity contribution in [2.24, 2.45) is 0 Å². The third kappa shape index (κ3) is 1.12. The number of benzene rings is 1. The third-order valence-corrected chi connectivity index (χ3v) is 5.26. The normalized spacial score (nSPS) is 38.3. The van der Waals surface area contributed by atoms with Crippen molar-refractivity contribution in [2.75, 3.05) is 11.6 Å². The lowest BCUT2D eigenvalue weighted by atomic mass is 9.75. The third-order valence-electron chi connectivity index (χ3n) is 4.13. The molecule has 3 atom stereocenters. The fraction of sp³-hybridized carbons (Fsp3) is 0.462. The Morgan fingerprint density at radius 3 is 2.76 bits per heavy atom. The summed E-state index contributed by atoms with van der Waals surface area (Å²) >= 11 is 1.56. The molecule has 0 radical (unpaired) electrons. The average Bonchev–Trinajstić information content (AvgIpc) is 2.60. The lowest BCUT2D eigenvalue weighted by Crippen LogP contribution is -2.48. The fourth-order valence-corrected chi connectivity index (χ4v) is 4.10. The SMILES string of the molecule is CS[C@H]1C(=O)O[C@]2(C)Nc3ccccc3[C@]12C. The molecule has 2 heterocycles. The molecule has 1 N–H and O–H groups in total. The van der Waals surface area contributed by atoms with Gasteiger partial charge in [0, 0.05) is 5.69 Å². The van der Waals surface area contributed by atoms with Gasteiger partial charge in [-0.05, 0) is 31.7 Å². The highest BCUT2D eigenvalue weighted by Crippen LogP contribution is 2.56. The van der Waals surface area contributed by atoms with Crippen molar-refractivity contribution in [3.63, 3.8) is 0 Å². The molecule has 1 fully saturated rings. The van der Waals surface area contributed by atoms with E-state index >= 15 is 0 Å². The quantitative estimate of drug-likeness (QED) is 0.776. The van der Waals surface area contributed by atoms with Crippen LogP contribution in [-0.4, -0.2) is 23.2 Å². The summed E-state index contributed by atoms with van der Waals surface area (Å²) in [5.74, 6) is -0.121. The second kappa shape index (κ2) is 3.19. The minimum Gasteiger partial charge on any atom is -0.438 e. The number of ether oxygens (including phenoxy) is 1. The number of fused-ring (bicyclic) bond motifs is 3. The zero-order valence-corrected chi connectivity index (χ0v) is 10.9. The minimum absolute atomic E-state index is 0.121. The largest absolute Gasteiger partial charge is 0.438 e. The topological polar surface area (TPSA) is 38.3 Å². The number of carbonyl (C=O) groups is 1. The fourth-order valence-electron chi connectivity index (χ4n) is 3.03. The Kier molecular flexibility index (Phi) is 2.06. The number of para-hydroxylation sites is 1. The molecule has 1 saturated heterocycles. The van der Waals surface area contributed by atoms with Gasteiger partial charge in [-0.2, -0.15) is 0 Å². The van der Waals surface area contributed by atoms with E-state index in [4.69, 9.17) is 4.74 Å². The standard InChI is InChI=1S/C13H15NO2S/c1-12-8-6-4-5-7-9(8)14-13(12,2)16-11(15)10(12)17-3/h4-7,10,14H,1-3H3/t10-,12+,13-/m0/s1. The molecule has 0 aliphatic carbocycles. The Morgan fingerprint density at radius 1 is 1.35 bits per heavy atom. The predicted molar refractivity (Wildman–Crippen MR) is 69.2 cm³/mol. The van der Waals surface area contributed by atoms with Gasteiger partial charge in [0.2, 0.25) is 0 Å². The Labute approximate surface area is 105 Å². The molecular formula is C13H15NO2S. The van der Waals surface area contributed by atoms with Gasteiger partial charge in [-0.1, -0.05) is 18.2 Å². The van der Waals surface area contributed by atoms with Crippen molar-refractivity contribution in [1.82, 2.24) is 0 Å². The molecule has 0 saturated carbocycles. The van der Waals surface area contributed by atoms with Gasteiger partial charge in [-0.25, -0.2) is 0 Å². The van der Waals surface area contributed by atoms with E-state index in [1.807, 2.05) is 31.4 Å². The van der Waals surface area contributed by atoms with Gasteiger partial charge in [-0.15, -0.1) is 11.8 Å². The first-order valence-corrected chi connectivity index (χ1v) is 6.95. The molecule has 3 rings (SSSR count). The van der Waals surface area contributed by atoms with Crippen LogP contribution in [0.15, 0.2) is 24.3 Å². The maximum atomic E-state index is 12.0. The van der Waals surface area contributed by atoms with Crippen molar-refractivity contribution < 1.29 is 9.53 Å². The minimum atomic E-state index is -0.624. The van der Waals surface area contributed by atoms with Gasteiger partial charge < -0.3 is 10.1 Å². The van der Waals surface area contributed by atoms with Crippen LogP contribution in [0.5, 0.6) is 0 Å². The van der Waals surface area contributed by atoms with Crippen molar-refractivity contribution >= 4 is 23.4 Å². The summed E-state index contributed by atoms with van der Waals surface area (Å²) in [6, 6.07) is 8.13. The van der Waals surface area contributed by atoms with Crippen LogP contribution in [-0.2, 0) is 14.9 Å². The first kappa shape index (κ1) is 11.0. The summed E-state index contributed by atoms with van der Waals surface area (Å²) in [6.45, 7) is 4.07. The van der Waals surface area contributed by atoms with Crippen LogP contribution in [0.1, 0.15) is 19.4 Å². The van der Waals surface area contributed by atoms with Crippen LogP contribution in [0.2, 0.25) is 0 Å². The maximum absolute atomic E-state index is 12.0. The van der Waals surface area contributed by atoms with Gasteiger partial charge in [0.25, 0.3) is 0 Å². The Balaban J connectivity index is 2.23. The molecule has 0 aromatic heterocycles. The summed E-state index contributed by atoms with van der Waals surface area (Å²) in [7, 11) is 0. The highest BCUT2D eigenvalue weighted by molar-refractivity contribution is 8.00. The van der Waals surface area contributed by atoms with Gasteiger partial charge in [0.1, 0.15) is 5.25 Å². The van der Waals surface area contributed by atoms with Crippen molar-refractivity contribution in [3.8, 4) is 0 Å². The molecule has 0 spiro atoms. The summed E-state index contributed by atoms with van der Waals surface area (Å²) in [5, 5.41) is 3.20. The zero-order valence-electron chi connectivity index (χ0n) is 10.1. The van der Waals surface area contributed by atoms with Crippen molar-refractivity contribution in [2.45, 2.75) is 30.2 Å².